The van der Waals surface area contributed by atoms with E-state index in [2.05, 4.69) is 69.6 Å². The number of anilines is 2. The number of hydrogen-bond acceptors (Lipinski definition) is 5. The molecule has 0 unspecified atom stereocenters. The molecule has 1 aliphatic rings. The molecule has 1 N–H and O–H groups in total. The second-order valence-electron chi connectivity index (χ2n) is 7.88. The molecule has 1 saturated heterocycles. The Hall–Kier alpha value is -3.31. The highest BCUT2D eigenvalue weighted by Gasteiger charge is 2.27. The molecule has 5 nitrogen and oxygen atoms in total. The van der Waals surface area contributed by atoms with E-state index in [1.807, 2.05) is 24.5 Å². The molecule has 30 heavy (non-hydrogen) atoms. The molecule has 0 aliphatic carbocycles. The number of rotatable bonds is 5. The van der Waals surface area contributed by atoms with E-state index in [1.54, 1.807) is 6.20 Å². The highest BCUT2D eigenvalue weighted by Crippen LogP contribution is 2.33. The lowest BCUT2D eigenvalue weighted by Crippen LogP contribution is -2.23. The van der Waals surface area contributed by atoms with Gasteiger partial charge in [-0.15, -0.1) is 0 Å². The Bertz CT molecular complexity index is 1150. The van der Waals surface area contributed by atoms with E-state index >= 15 is 0 Å². The molecule has 0 radical (unpaired) electrons. The fourth-order valence-electron chi connectivity index (χ4n) is 4.29. The number of fused-ring (bicyclic) bond motifs is 1. The number of para-hydroxylation sites is 1. The molecule has 4 aromatic rings. The molecule has 5 rings (SSSR count). The molecule has 4 heterocycles. The predicted octanol–water partition coefficient (Wildman–Crippen LogP) is 5.41. The lowest BCUT2D eigenvalue weighted by atomic mass is 10.1. The van der Waals surface area contributed by atoms with Gasteiger partial charge >= 0.3 is 0 Å². The SMILES string of the molecule is Cc1cccnc1Nc1ccc([C@H]2CCCN2Cc2ccnc3ccccc23)nc1. The van der Waals surface area contributed by atoms with Gasteiger partial charge in [0.05, 0.1) is 29.1 Å². The smallest absolute Gasteiger partial charge is 0.133 e. The maximum atomic E-state index is 4.80. The minimum absolute atomic E-state index is 0.350. The van der Waals surface area contributed by atoms with Gasteiger partial charge in [-0.3, -0.25) is 14.9 Å². The first-order valence-corrected chi connectivity index (χ1v) is 10.5. The number of nitrogens with one attached hydrogen (secondary N) is 1. The van der Waals surface area contributed by atoms with Crippen molar-refractivity contribution in [3.05, 3.63) is 90.0 Å². The second kappa shape index (κ2) is 8.20. The van der Waals surface area contributed by atoms with E-state index in [0.717, 1.165) is 47.8 Å². The Labute approximate surface area is 176 Å². The number of hydrogen-bond donors (Lipinski definition) is 1. The lowest BCUT2D eigenvalue weighted by Gasteiger charge is -2.25. The Morgan fingerprint density at radius 2 is 1.90 bits per heavy atom. The van der Waals surface area contributed by atoms with Gasteiger partial charge < -0.3 is 5.32 Å². The summed E-state index contributed by atoms with van der Waals surface area (Å²) in [5.41, 5.74) is 5.60. The van der Waals surface area contributed by atoms with E-state index in [1.165, 1.54) is 17.4 Å². The fraction of sp³-hybridized carbons (Fsp3) is 0.240. The first-order valence-electron chi connectivity index (χ1n) is 10.5. The average molecular weight is 396 g/mol. The minimum atomic E-state index is 0.350. The van der Waals surface area contributed by atoms with Crippen LogP contribution in [0.15, 0.2) is 73.2 Å². The van der Waals surface area contributed by atoms with Crippen LogP contribution >= 0.6 is 0 Å². The van der Waals surface area contributed by atoms with Crippen molar-refractivity contribution in [2.75, 3.05) is 11.9 Å². The van der Waals surface area contributed by atoms with Crippen LogP contribution in [0.1, 0.15) is 35.7 Å². The van der Waals surface area contributed by atoms with Crippen LogP contribution in [-0.2, 0) is 6.54 Å². The fourth-order valence-corrected chi connectivity index (χ4v) is 4.29. The van der Waals surface area contributed by atoms with E-state index in [9.17, 15) is 0 Å². The molecule has 0 saturated carbocycles. The molecule has 1 aliphatic heterocycles. The number of aryl methyl sites for hydroxylation is 1. The molecule has 150 valence electrons. The van der Waals surface area contributed by atoms with Gasteiger partial charge in [0.15, 0.2) is 0 Å². The summed E-state index contributed by atoms with van der Waals surface area (Å²) in [5.74, 6) is 0.874. The van der Waals surface area contributed by atoms with Crippen LogP contribution in [0.5, 0.6) is 0 Å². The van der Waals surface area contributed by atoms with Crippen molar-refractivity contribution in [3.8, 4) is 0 Å². The summed E-state index contributed by atoms with van der Waals surface area (Å²) in [5, 5.41) is 4.61. The zero-order chi connectivity index (χ0) is 20.3. The van der Waals surface area contributed by atoms with Crippen molar-refractivity contribution in [3.63, 3.8) is 0 Å². The van der Waals surface area contributed by atoms with Crippen LogP contribution in [0, 0.1) is 6.92 Å². The van der Waals surface area contributed by atoms with Crippen molar-refractivity contribution in [2.24, 2.45) is 0 Å². The van der Waals surface area contributed by atoms with Gasteiger partial charge in [-0.1, -0.05) is 24.3 Å². The topological polar surface area (TPSA) is 53.9 Å². The lowest BCUT2D eigenvalue weighted by molar-refractivity contribution is 0.245. The number of benzene rings is 1. The molecule has 0 amide bonds. The molecule has 0 spiro atoms. The van der Waals surface area contributed by atoms with Gasteiger partial charge in [0.25, 0.3) is 0 Å². The molecule has 1 atom stereocenters. The van der Waals surface area contributed by atoms with Gasteiger partial charge in [-0.2, -0.15) is 0 Å². The van der Waals surface area contributed by atoms with Crippen LogP contribution in [0.25, 0.3) is 10.9 Å². The van der Waals surface area contributed by atoms with E-state index in [0.29, 0.717) is 6.04 Å². The average Bonchev–Trinajstić information content (AvgIpc) is 3.24. The summed E-state index contributed by atoms with van der Waals surface area (Å²) in [6.07, 6.45) is 7.98. The third-order valence-electron chi connectivity index (χ3n) is 5.88. The highest BCUT2D eigenvalue weighted by molar-refractivity contribution is 5.81. The predicted molar refractivity (Wildman–Crippen MR) is 121 cm³/mol. The summed E-state index contributed by atoms with van der Waals surface area (Å²) >= 11 is 0. The van der Waals surface area contributed by atoms with Crippen molar-refractivity contribution in [1.82, 2.24) is 19.9 Å². The first-order chi connectivity index (χ1) is 14.8. The second-order valence-corrected chi connectivity index (χ2v) is 7.88. The normalized spacial score (nSPS) is 16.8. The molecule has 1 aromatic carbocycles. The number of aromatic nitrogens is 3. The molecule has 0 bridgehead atoms. The Balaban J connectivity index is 1.34. The highest BCUT2D eigenvalue weighted by atomic mass is 15.2. The third kappa shape index (κ3) is 3.76. The quantitative estimate of drug-likeness (QED) is 0.489. The summed E-state index contributed by atoms with van der Waals surface area (Å²) in [7, 11) is 0. The van der Waals surface area contributed by atoms with Gasteiger partial charge in [-0.25, -0.2) is 4.98 Å². The van der Waals surface area contributed by atoms with Gasteiger partial charge in [0.2, 0.25) is 0 Å². The molecule has 3 aromatic heterocycles. The van der Waals surface area contributed by atoms with Gasteiger partial charge in [0, 0.05) is 24.3 Å². The number of likely N-dealkylation sites (tertiary alicyclic amines) is 1. The summed E-state index contributed by atoms with van der Waals surface area (Å²) in [6.45, 7) is 4.06. The summed E-state index contributed by atoms with van der Waals surface area (Å²) in [6, 6.07) is 19.1. The molecular formula is C25H25N5. The Morgan fingerprint density at radius 1 is 0.967 bits per heavy atom. The standard InChI is InChI=1S/C25H25N5/c1-18-6-4-13-27-25(18)29-20-10-11-23(28-16-20)24-9-5-15-30(24)17-19-12-14-26-22-8-3-2-7-21(19)22/h2-4,6-8,10-14,16,24H,5,9,15,17H2,1H3,(H,27,29)/t24-/m1/s1. The molecule has 1 fully saturated rings. The number of nitrogens with zero attached hydrogens (tertiary/aromatic N) is 4. The minimum Gasteiger partial charge on any atom is -0.339 e. The number of pyridine rings is 3. The van der Waals surface area contributed by atoms with E-state index < -0.39 is 0 Å². The molecular weight excluding hydrogens is 370 g/mol. The zero-order valence-electron chi connectivity index (χ0n) is 17.1. The monoisotopic (exact) mass is 395 g/mol. The van der Waals surface area contributed by atoms with Crippen LogP contribution in [-0.4, -0.2) is 26.4 Å². The van der Waals surface area contributed by atoms with E-state index in [4.69, 9.17) is 4.98 Å². The van der Waals surface area contributed by atoms with Crippen molar-refractivity contribution >= 4 is 22.4 Å². The van der Waals surface area contributed by atoms with Gasteiger partial charge in [-0.05, 0) is 67.8 Å². The zero-order valence-corrected chi connectivity index (χ0v) is 17.1. The summed E-state index contributed by atoms with van der Waals surface area (Å²) < 4.78 is 0. The van der Waals surface area contributed by atoms with Crippen LogP contribution in [0.3, 0.4) is 0 Å². The van der Waals surface area contributed by atoms with E-state index in [-0.39, 0.29) is 0 Å². The maximum absolute atomic E-state index is 4.80. The largest absolute Gasteiger partial charge is 0.339 e. The summed E-state index contributed by atoms with van der Waals surface area (Å²) in [4.78, 5) is 16.2. The Kier molecular flexibility index (Phi) is 5.11. The third-order valence-corrected chi connectivity index (χ3v) is 5.88. The van der Waals surface area contributed by atoms with Crippen molar-refractivity contribution < 1.29 is 0 Å². The van der Waals surface area contributed by atoms with Crippen molar-refractivity contribution in [2.45, 2.75) is 32.4 Å². The maximum Gasteiger partial charge on any atom is 0.133 e. The first kappa shape index (κ1) is 18.7. The van der Waals surface area contributed by atoms with Crippen LogP contribution < -0.4 is 5.32 Å². The van der Waals surface area contributed by atoms with Crippen LogP contribution in [0.2, 0.25) is 0 Å². The van der Waals surface area contributed by atoms with Crippen molar-refractivity contribution in [1.29, 1.82) is 0 Å². The van der Waals surface area contributed by atoms with Gasteiger partial charge in [0.1, 0.15) is 5.82 Å². The van der Waals surface area contributed by atoms with Crippen LogP contribution in [0.4, 0.5) is 11.5 Å². The Morgan fingerprint density at radius 3 is 2.77 bits per heavy atom. The molecule has 5 heteroatoms.